The Labute approximate surface area is 128 Å². The Morgan fingerprint density at radius 2 is 2.00 bits per heavy atom. The van der Waals surface area contributed by atoms with Crippen molar-refractivity contribution in [2.45, 2.75) is 33.4 Å². The highest BCUT2D eigenvalue weighted by Gasteiger charge is 2.11. The van der Waals surface area contributed by atoms with Crippen LogP contribution < -0.4 is 0 Å². The summed E-state index contributed by atoms with van der Waals surface area (Å²) in [6, 6.07) is 8.22. The summed E-state index contributed by atoms with van der Waals surface area (Å²) in [5.74, 6) is 2.01. The van der Waals surface area contributed by atoms with E-state index >= 15 is 0 Å². The summed E-state index contributed by atoms with van der Waals surface area (Å²) < 4.78 is 6.41. The molecule has 1 aromatic carbocycles. The van der Waals surface area contributed by atoms with Crippen molar-refractivity contribution in [3.8, 4) is 0 Å². The van der Waals surface area contributed by atoms with Gasteiger partial charge in [0.1, 0.15) is 0 Å². The number of hydrogen-bond donors (Lipinski definition) is 0. The average molecular weight is 338 g/mol. The van der Waals surface area contributed by atoms with E-state index < -0.39 is 0 Å². The van der Waals surface area contributed by atoms with Gasteiger partial charge in [-0.25, -0.2) is 0 Å². The summed E-state index contributed by atoms with van der Waals surface area (Å²) in [4.78, 5) is 6.58. The molecule has 0 aliphatic rings. The number of aromatic nitrogens is 2. The fourth-order valence-electron chi connectivity index (χ4n) is 2.01. The number of benzene rings is 1. The average Bonchev–Trinajstić information content (AvgIpc) is 2.78. The van der Waals surface area contributed by atoms with Crippen LogP contribution in [0.1, 0.15) is 31.1 Å². The number of halogens is 1. The molecule has 5 heteroatoms. The molecule has 0 fully saturated rings. The predicted molar refractivity (Wildman–Crippen MR) is 82.2 cm³/mol. The van der Waals surface area contributed by atoms with Gasteiger partial charge in [-0.1, -0.05) is 53.1 Å². The lowest BCUT2D eigenvalue weighted by Crippen LogP contribution is -2.17. The Hall–Kier alpha value is -1.20. The van der Waals surface area contributed by atoms with Gasteiger partial charge >= 0.3 is 0 Å². The summed E-state index contributed by atoms with van der Waals surface area (Å²) in [7, 11) is 2.05. The molecule has 2 aromatic rings. The van der Waals surface area contributed by atoms with Crippen LogP contribution in [0.3, 0.4) is 0 Å². The van der Waals surface area contributed by atoms with E-state index in [-0.39, 0.29) is 0 Å². The maximum atomic E-state index is 5.29. The van der Waals surface area contributed by atoms with Crippen molar-refractivity contribution in [2.75, 3.05) is 7.05 Å². The third-order valence-electron chi connectivity index (χ3n) is 2.90. The second kappa shape index (κ2) is 6.99. The summed E-state index contributed by atoms with van der Waals surface area (Å²) in [6.45, 7) is 5.79. The molecule has 0 bridgehead atoms. The Bertz CT molecular complexity index is 554. The normalized spacial score (nSPS) is 11.5. The number of hydrogen-bond acceptors (Lipinski definition) is 4. The Kier molecular flexibility index (Phi) is 5.31. The minimum Gasteiger partial charge on any atom is -0.338 e. The third kappa shape index (κ3) is 4.42. The van der Waals surface area contributed by atoms with Gasteiger partial charge in [0.2, 0.25) is 5.89 Å². The molecule has 108 valence electrons. The van der Waals surface area contributed by atoms with Crippen LogP contribution in [0.2, 0.25) is 0 Å². The van der Waals surface area contributed by atoms with Crippen LogP contribution in [0, 0.1) is 5.92 Å². The van der Waals surface area contributed by atoms with Crippen LogP contribution in [0.15, 0.2) is 33.3 Å². The van der Waals surface area contributed by atoms with E-state index in [1.165, 1.54) is 5.56 Å². The monoisotopic (exact) mass is 337 g/mol. The SMILES string of the molecule is CC(C)Cc1noc(CN(C)Cc2ccccc2Br)n1. The van der Waals surface area contributed by atoms with Crippen LogP contribution in [0.5, 0.6) is 0 Å². The van der Waals surface area contributed by atoms with Crippen molar-refractivity contribution in [1.29, 1.82) is 0 Å². The lowest BCUT2D eigenvalue weighted by molar-refractivity contribution is 0.259. The molecule has 0 radical (unpaired) electrons. The number of rotatable bonds is 6. The Morgan fingerprint density at radius 1 is 1.25 bits per heavy atom. The third-order valence-corrected chi connectivity index (χ3v) is 3.68. The van der Waals surface area contributed by atoms with Crippen molar-refractivity contribution < 1.29 is 4.52 Å². The van der Waals surface area contributed by atoms with E-state index in [9.17, 15) is 0 Å². The molecular formula is C15H20BrN3O. The highest BCUT2D eigenvalue weighted by atomic mass is 79.9. The van der Waals surface area contributed by atoms with E-state index in [1.54, 1.807) is 0 Å². The summed E-state index contributed by atoms with van der Waals surface area (Å²) >= 11 is 3.56. The molecule has 0 aliphatic heterocycles. The molecule has 2 rings (SSSR count). The summed E-state index contributed by atoms with van der Waals surface area (Å²) in [6.07, 6.45) is 0.859. The van der Waals surface area contributed by atoms with E-state index in [0.29, 0.717) is 18.4 Å². The van der Waals surface area contributed by atoms with E-state index in [1.807, 2.05) is 19.2 Å². The van der Waals surface area contributed by atoms with E-state index in [4.69, 9.17) is 4.52 Å². The highest BCUT2D eigenvalue weighted by Crippen LogP contribution is 2.18. The van der Waals surface area contributed by atoms with Crippen molar-refractivity contribution in [1.82, 2.24) is 15.0 Å². The maximum Gasteiger partial charge on any atom is 0.240 e. The van der Waals surface area contributed by atoms with E-state index in [2.05, 4.69) is 57.0 Å². The van der Waals surface area contributed by atoms with Gasteiger partial charge in [0.15, 0.2) is 5.82 Å². The smallest absolute Gasteiger partial charge is 0.240 e. The van der Waals surface area contributed by atoms with Gasteiger partial charge < -0.3 is 4.52 Å². The minimum absolute atomic E-state index is 0.540. The van der Waals surface area contributed by atoms with Gasteiger partial charge in [-0.3, -0.25) is 4.90 Å². The van der Waals surface area contributed by atoms with Crippen molar-refractivity contribution in [3.05, 3.63) is 46.0 Å². The molecular weight excluding hydrogens is 318 g/mol. The molecule has 0 saturated heterocycles. The Morgan fingerprint density at radius 3 is 2.70 bits per heavy atom. The fraction of sp³-hybridized carbons (Fsp3) is 0.467. The quantitative estimate of drug-likeness (QED) is 0.806. The standard InChI is InChI=1S/C15H20BrN3O/c1-11(2)8-14-17-15(20-18-14)10-19(3)9-12-6-4-5-7-13(12)16/h4-7,11H,8-10H2,1-3H3. The molecule has 20 heavy (non-hydrogen) atoms. The van der Waals surface area contributed by atoms with Gasteiger partial charge in [0.25, 0.3) is 0 Å². The van der Waals surface area contributed by atoms with Gasteiger partial charge in [-0.2, -0.15) is 4.98 Å². The van der Waals surface area contributed by atoms with Crippen molar-refractivity contribution in [2.24, 2.45) is 5.92 Å². The molecule has 0 aliphatic carbocycles. The van der Waals surface area contributed by atoms with Gasteiger partial charge in [-0.15, -0.1) is 0 Å². The van der Waals surface area contributed by atoms with Crippen LogP contribution in [0.4, 0.5) is 0 Å². The van der Waals surface area contributed by atoms with E-state index in [0.717, 1.165) is 23.3 Å². The lowest BCUT2D eigenvalue weighted by atomic mass is 10.1. The van der Waals surface area contributed by atoms with Crippen LogP contribution in [-0.2, 0) is 19.5 Å². The van der Waals surface area contributed by atoms with Crippen LogP contribution >= 0.6 is 15.9 Å². The van der Waals surface area contributed by atoms with Crippen LogP contribution in [-0.4, -0.2) is 22.1 Å². The minimum atomic E-state index is 0.540. The van der Waals surface area contributed by atoms with Gasteiger partial charge in [0, 0.05) is 17.4 Å². The largest absolute Gasteiger partial charge is 0.338 e. The molecule has 0 saturated carbocycles. The summed E-state index contributed by atoms with van der Waals surface area (Å²) in [5, 5.41) is 4.01. The lowest BCUT2D eigenvalue weighted by Gasteiger charge is -2.15. The van der Waals surface area contributed by atoms with Gasteiger partial charge in [-0.05, 0) is 24.6 Å². The topological polar surface area (TPSA) is 42.2 Å². The zero-order valence-electron chi connectivity index (χ0n) is 12.1. The first kappa shape index (κ1) is 15.2. The second-order valence-corrected chi connectivity index (χ2v) is 6.32. The second-order valence-electron chi connectivity index (χ2n) is 5.47. The first-order valence-corrected chi connectivity index (χ1v) is 7.57. The Balaban J connectivity index is 1.93. The van der Waals surface area contributed by atoms with Crippen molar-refractivity contribution in [3.63, 3.8) is 0 Å². The maximum absolute atomic E-state index is 5.29. The zero-order chi connectivity index (χ0) is 14.5. The first-order chi connectivity index (χ1) is 9.54. The molecule has 0 amide bonds. The van der Waals surface area contributed by atoms with Crippen LogP contribution in [0.25, 0.3) is 0 Å². The molecule has 1 heterocycles. The summed E-state index contributed by atoms with van der Waals surface area (Å²) in [5.41, 5.74) is 1.25. The zero-order valence-corrected chi connectivity index (χ0v) is 13.7. The number of nitrogens with zero attached hydrogens (tertiary/aromatic N) is 3. The van der Waals surface area contributed by atoms with Gasteiger partial charge in [0.05, 0.1) is 6.54 Å². The molecule has 0 N–H and O–H groups in total. The molecule has 4 nitrogen and oxygen atoms in total. The highest BCUT2D eigenvalue weighted by molar-refractivity contribution is 9.10. The predicted octanol–water partition coefficient (Wildman–Crippen LogP) is 3.66. The van der Waals surface area contributed by atoms with Crippen molar-refractivity contribution >= 4 is 15.9 Å². The first-order valence-electron chi connectivity index (χ1n) is 6.78. The molecule has 0 unspecified atom stereocenters. The molecule has 0 spiro atoms. The molecule has 1 aromatic heterocycles. The fourth-order valence-corrected chi connectivity index (χ4v) is 2.42. The molecule has 0 atom stereocenters.